The van der Waals surface area contributed by atoms with E-state index < -0.39 is 0 Å². The maximum absolute atomic E-state index is 5.83. The first-order valence-electron chi connectivity index (χ1n) is 4.60. The zero-order valence-corrected chi connectivity index (χ0v) is 8.30. The van der Waals surface area contributed by atoms with Gasteiger partial charge in [-0.05, 0) is 30.7 Å². The largest absolute Gasteiger partial charge is 0.241 e. The van der Waals surface area contributed by atoms with Crippen molar-refractivity contribution in [1.29, 1.82) is 0 Å². The fraction of sp³-hybridized carbons (Fsp3) is 0.600. The number of nitrogens with zero attached hydrogens (tertiary/aromatic N) is 2. The molecular weight excluding hydrogens is 184 g/mol. The lowest BCUT2D eigenvalue weighted by Crippen LogP contribution is -2.63. The molecule has 0 spiro atoms. The summed E-state index contributed by atoms with van der Waals surface area (Å²) in [5.41, 5.74) is 2.15. The van der Waals surface area contributed by atoms with Gasteiger partial charge < -0.3 is 0 Å². The topological polar surface area (TPSA) is 25.8 Å². The van der Waals surface area contributed by atoms with Gasteiger partial charge in [-0.15, -0.1) is 0 Å². The quantitative estimate of drug-likeness (QED) is 0.643. The van der Waals surface area contributed by atoms with E-state index in [1.54, 1.807) is 6.33 Å². The van der Waals surface area contributed by atoms with Gasteiger partial charge in [0, 0.05) is 5.41 Å². The fourth-order valence-corrected chi connectivity index (χ4v) is 3.34. The summed E-state index contributed by atoms with van der Waals surface area (Å²) in [7, 11) is 0. The van der Waals surface area contributed by atoms with Gasteiger partial charge in [0.25, 0.3) is 0 Å². The maximum Gasteiger partial charge on any atom is 0.132 e. The van der Waals surface area contributed by atoms with E-state index in [0.717, 1.165) is 5.69 Å². The van der Waals surface area contributed by atoms with Crippen LogP contribution in [0.3, 0.4) is 0 Å². The minimum absolute atomic E-state index is 0.376. The molecule has 2 nitrogen and oxygen atoms in total. The van der Waals surface area contributed by atoms with Crippen molar-refractivity contribution in [3.05, 3.63) is 23.2 Å². The molecule has 0 amide bonds. The number of halogens is 1. The van der Waals surface area contributed by atoms with Crippen LogP contribution in [-0.4, -0.2) is 9.97 Å². The van der Waals surface area contributed by atoms with Gasteiger partial charge in [0.1, 0.15) is 11.5 Å². The Morgan fingerprint density at radius 1 is 1.31 bits per heavy atom. The zero-order chi connectivity index (χ0) is 9.10. The number of hydrogen-bond donors (Lipinski definition) is 0. The first kappa shape index (κ1) is 7.74. The SMILES string of the molecule is CC12CC(c3cc(Cl)ncn3)(C1)C2. The van der Waals surface area contributed by atoms with Crippen LogP contribution in [0.4, 0.5) is 0 Å². The fourth-order valence-electron chi connectivity index (χ4n) is 3.19. The lowest BCUT2D eigenvalue weighted by Gasteiger charge is -2.69. The van der Waals surface area contributed by atoms with Crippen LogP contribution in [0.5, 0.6) is 0 Å². The van der Waals surface area contributed by atoms with Crippen molar-refractivity contribution in [1.82, 2.24) is 9.97 Å². The second kappa shape index (κ2) is 2.06. The van der Waals surface area contributed by atoms with Crippen molar-refractivity contribution < 1.29 is 0 Å². The highest BCUT2D eigenvalue weighted by atomic mass is 35.5. The van der Waals surface area contributed by atoms with Gasteiger partial charge in [-0.25, -0.2) is 9.97 Å². The minimum Gasteiger partial charge on any atom is -0.241 e. The third-order valence-corrected chi connectivity index (χ3v) is 3.68. The van der Waals surface area contributed by atoms with Gasteiger partial charge in [-0.2, -0.15) is 0 Å². The van der Waals surface area contributed by atoms with E-state index in [1.165, 1.54) is 19.3 Å². The van der Waals surface area contributed by atoms with Crippen molar-refractivity contribution in [2.45, 2.75) is 31.6 Å². The molecule has 1 aromatic rings. The number of aromatic nitrogens is 2. The van der Waals surface area contributed by atoms with E-state index in [2.05, 4.69) is 16.9 Å². The molecule has 3 fully saturated rings. The van der Waals surface area contributed by atoms with Crippen LogP contribution < -0.4 is 0 Å². The Bertz CT molecular complexity index is 355. The van der Waals surface area contributed by atoms with Crippen LogP contribution in [0.25, 0.3) is 0 Å². The summed E-state index contributed by atoms with van der Waals surface area (Å²) >= 11 is 5.83. The first-order valence-corrected chi connectivity index (χ1v) is 4.98. The third-order valence-electron chi connectivity index (χ3n) is 3.47. The highest BCUT2D eigenvalue weighted by Gasteiger charge is 2.66. The van der Waals surface area contributed by atoms with E-state index in [-0.39, 0.29) is 0 Å². The standard InChI is InChI=1S/C10H11ClN2/c1-9-3-10(4-9,5-9)7-2-8(11)13-6-12-7/h2,6H,3-5H2,1H3. The molecule has 0 saturated heterocycles. The number of rotatable bonds is 1. The lowest BCUT2D eigenvalue weighted by atomic mass is 9.35. The molecule has 68 valence electrons. The lowest BCUT2D eigenvalue weighted by molar-refractivity contribution is -0.128. The summed E-state index contributed by atoms with van der Waals surface area (Å²) in [5, 5.41) is 0.569. The molecule has 3 saturated carbocycles. The predicted molar refractivity (Wildman–Crippen MR) is 50.7 cm³/mol. The Balaban J connectivity index is 1.95. The van der Waals surface area contributed by atoms with Crippen LogP contribution in [0.2, 0.25) is 5.15 Å². The van der Waals surface area contributed by atoms with Crippen molar-refractivity contribution in [3.63, 3.8) is 0 Å². The van der Waals surface area contributed by atoms with Gasteiger partial charge in [0.2, 0.25) is 0 Å². The first-order chi connectivity index (χ1) is 6.12. The molecule has 0 unspecified atom stereocenters. The van der Waals surface area contributed by atoms with E-state index >= 15 is 0 Å². The van der Waals surface area contributed by atoms with E-state index in [1.807, 2.05) is 6.07 Å². The Morgan fingerprint density at radius 2 is 2.00 bits per heavy atom. The van der Waals surface area contributed by atoms with Crippen LogP contribution >= 0.6 is 11.6 Å². The van der Waals surface area contributed by atoms with Crippen molar-refractivity contribution >= 4 is 11.6 Å². The molecule has 0 radical (unpaired) electrons. The average Bonchev–Trinajstić information content (AvgIpc) is 1.97. The summed E-state index contributed by atoms with van der Waals surface area (Å²) in [5.74, 6) is 0. The van der Waals surface area contributed by atoms with Gasteiger partial charge in [0.05, 0.1) is 5.69 Å². The Labute approximate surface area is 82.4 Å². The predicted octanol–water partition coefficient (Wildman–Crippen LogP) is 2.57. The van der Waals surface area contributed by atoms with Crippen LogP contribution in [0, 0.1) is 5.41 Å². The van der Waals surface area contributed by atoms with Gasteiger partial charge >= 0.3 is 0 Å². The molecule has 3 aliphatic rings. The second-order valence-corrected chi connectivity index (χ2v) is 5.23. The Morgan fingerprint density at radius 3 is 2.54 bits per heavy atom. The normalized spacial score (nSPS) is 40.8. The summed E-state index contributed by atoms with van der Waals surface area (Å²) in [6, 6.07) is 1.92. The van der Waals surface area contributed by atoms with Gasteiger partial charge in [-0.1, -0.05) is 18.5 Å². The van der Waals surface area contributed by atoms with Crippen molar-refractivity contribution in [2.75, 3.05) is 0 Å². The Kier molecular flexibility index (Phi) is 1.23. The molecule has 4 rings (SSSR count). The second-order valence-electron chi connectivity index (χ2n) is 4.85. The molecule has 3 aliphatic carbocycles. The highest BCUT2D eigenvalue weighted by Crippen LogP contribution is 2.72. The molecule has 3 heteroatoms. The molecular formula is C10H11ClN2. The van der Waals surface area contributed by atoms with Crippen molar-refractivity contribution in [2.24, 2.45) is 5.41 Å². The maximum atomic E-state index is 5.83. The molecule has 1 heterocycles. The van der Waals surface area contributed by atoms with Crippen LogP contribution in [0.1, 0.15) is 31.9 Å². The molecule has 0 aliphatic heterocycles. The van der Waals surface area contributed by atoms with Gasteiger partial charge in [0.15, 0.2) is 0 Å². The van der Waals surface area contributed by atoms with E-state index in [4.69, 9.17) is 11.6 Å². The summed E-state index contributed by atoms with van der Waals surface area (Å²) in [6.45, 7) is 2.34. The average molecular weight is 195 g/mol. The molecule has 13 heavy (non-hydrogen) atoms. The van der Waals surface area contributed by atoms with Crippen LogP contribution in [0.15, 0.2) is 12.4 Å². The molecule has 2 bridgehead atoms. The third kappa shape index (κ3) is 0.896. The molecule has 0 atom stereocenters. The Hall–Kier alpha value is -0.630. The van der Waals surface area contributed by atoms with E-state index in [0.29, 0.717) is 16.0 Å². The summed E-state index contributed by atoms with van der Waals surface area (Å²) < 4.78 is 0. The van der Waals surface area contributed by atoms with Crippen LogP contribution in [-0.2, 0) is 5.41 Å². The summed E-state index contributed by atoms with van der Waals surface area (Å²) in [6.07, 6.45) is 5.43. The molecule has 0 N–H and O–H groups in total. The highest BCUT2D eigenvalue weighted by molar-refractivity contribution is 6.29. The monoisotopic (exact) mass is 194 g/mol. The molecule has 0 aromatic carbocycles. The zero-order valence-electron chi connectivity index (χ0n) is 7.55. The van der Waals surface area contributed by atoms with Gasteiger partial charge in [-0.3, -0.25) is 0 Å². The number of hydrogen-bond acceptors (Lipinski definition) is 2. The van der Waals surface area contributed by atoms with E-state index in [9.17, 15) is 0 Å². The van der Waals surface area contributed by atoms with Crippen molar-refractivity contribution in [3.8, 4) is 0 Å². The minimum atomic E-state index is 0.376. The molecule has 1 aromatic heterocycles. The summed E-state index contributed by atoms with van der Waals surface area (Å²) in [4.78, 5) is 8.21. The smallest absolute Gasteiger partial charge is 0.132 e.